The number of nitrogens with two attached hydrogens (primary N) is 1. The van der Waals surface area contributed by atoms with Crippen molar-refractivity contribution in [2.75, 3.05) is 17.6 Å². The number of aromatic nitrogens is 4. The van der Waals surface area contributed by atoms with E-state index < -0.39 is 0 Å². The third-order valence-electron chi connectivity index (χ3n) is 3.20. The Morgan fingerprint density at radius 1 is 1.15 bits per heavy atom. The molecule has 3 rings (SSSR count). The topological polar surface area (TPSA) is 81.6 Å². The van der Waals surface area contributed by atoms with Gasteiger partial charge in [0, 0.05) is 53.8 Å². The van der Waals surface area contributed by atoms with Crippen molar-refractivity contribution in [2.24, 2.45) is 0 Å². The lowest BCUT2D eigenvalue weighted by atomic mass is 10.1. The summed E-state index contributed by atoms with van der Waals surface area (Å²) in [5.41, 5.74) is 7.79. The van der Waals surface area contributed by atoms with E-state index in [1.165, 1.54) is 0 Å². The van der Waals surface area contributed by atoms with Gasteiger partial charge in [0.05, 0.1) is 6.20 Å². The summed E-state index contributed by atoms with van der Waals surface area (Å²) in [6, 6.07) is 5.89. The SMILES string of the molecule is Nc1ccc(NCCCn2ccnn2)c2ccncc12. The molecule has 0 saturated heterocycles. The number of fused-ring (bicyclic) bond motifs is 1. The molecule has 0 amide bonds. The van der Waals surface area contributed by atoms with Crippen molar-refractivity contribution in [3.63, 3.8) is 0 Å². The fraction of sp³-hybridized carbons (Fsp3) is 0.214. The highest BCUT2D eigenvalue weighted by atomic mass is 15.4. The highest BCUT2D eigenvalue weighted by Gasteiger charge is 2.03. The largest absolute Gasteiger partial charge is 0.398 e. The van der Waals surface area contributed by atoms with Crippen molar-refractivity contribution in [1.82, 2.24) is 20.0 Å². The first-order valence-electron chi connectivity index (χ1n) is 6.55. The molecule has 3 aromatic rings. The van der Waals surface area contributed by atoms with Gasteiger partial charge < -0.3 is 11.1 Å². The molecule has 3 N–H and O–H groups in total. The van der Waals surface area contributed by atoms with Gasteiger partial charge in [-0.3, -0.25) is 9.67 Å². The maximum atomic E-state index is 5.96. The maximum absolute atomic E-state index is 5.96. The van der Waals surface area contributed by atoms with Gasteiger partial charge in [-0.15, -0.1) is 5.10 Å². The highest BCUT2D eigenvalue weighted by Crippen LogP contribution is 2.27. The number of nitrogens with zero attached hydrogens (tertiary/aromatic N) is 4. The molecule has 0 unspecified atom stereocenters. The van der Waals surface area contributed by atoms with Crippen LogP contribution >= 0.6 is 0 Å². The zero-order valence-corrected chi connectivity index (χ0v) is 11.0. The molecule has 0 aliphatic rings. The van der Waals surface area contributed by atoms with Gasteiger partial charge >= 0.3 is 0 Å². The number of nitrogens with one attached hydrogen (secondary N) is 1. The average Bonchev–Trinajstić information content (AvgIpc) is 2.99. The quantitative estimate of drug-likeness (QED) is 0.545. The van der Waals surface area contributed by atoms with Gasteiger partial charge in [0.25, 0.3) is 0 Å². The summed E-state index contributed by atoms with van der Waals surface area (Å²) in [7, 11) is 0. The molecule has 0 radical (unpaired) electrons. The van der Waals surface area contributed by atoms with E-state index in [-0.39, 0.29) is 0 Å². The first-order chi connectivity index (χ1) is 9.84. The molecule has 0 saturated carbocycles. The lowest BCUT2D eigenvalue weighted by Gasteiger charge is -2.11. The molecular weight excluding hydrogens is 252 g/mol. The fourth-order valence-corrected chi connectivity index (χ4v) is 2.18. The van der Waals surface area contributed by atoms with Crippen LogP contribution < -0.4 is 11.1 Å². The molecule has 2 heterocycles. The van der Waals surface area contributed by atoms with E-state index in [0.29, 0.717) is 0 Å². The summed E-state index contributed by atoms with van der Waals surface area (Å²) in [4.78, 5) is 4.12. The van der Waals surface area contributed by atoms with E-state index >= 15 is 0 Å². The highest BCUT2D eigenvalue weighted by molar-refractivity contribution is 6.00. The Morgan fingerprint density at radius 3 is 2.95 bits per heavy atom. The smallest absolute Gasteiger partial charge is 0.0692 e. The van der Waals surface area contributed by atoms with Crippen LogP contribution in [0.2, 0.25) is 0 Å². The summed E-state index contributed by atoms with van der Waals surface area (Å²) >= 11 is 0. The summed E-state index contributed by atoms with van der Waals surface area (Å²) in [5, 5.41) is 13.2. The second-order valence-electron chi connectivity index (χ2n) is 4.57. The standard InChI is InChI=1S/C14H16N6/c15-13-2-3-14(11-4-6-16-10-12(11)13)17-5-1-8-20-9-7-18-19-20/h2-4,6-7,9-10,17H,1,5,8,15H2. The van der Waals surface area contributed by atoms with Crippen molar-refractivity contribution >= 4 is 22.1 Å². The molecule has 0 bridgehead atoms. The van der Waals surface area contributed by atoms with Gasteiger partial charge in [0.15, 0.2) is 0 Å². The van der Waals surface area contributed by atoms with Crippen LogP contribution in [0.3, 0.4) is 0 Å². The monoisotopic (exact) mass is 268 g/mol. The van der Waals surface area contributed by atoms with Crippen LogP contribution in [0.25, 0.3) is 10.8 Å². The number of hydrogen-bond acceptors (Lipinski definition) is 5. The molecular formula is C14H16N6. The second-order valence-corrected chi connectivity index (χ2v) is 4.57. The minimum Gasteiger partial charge on any atom is -0.398 e. The van der Waals surface area contributed by atoms with Crippen LogP contribution in [0, 0.1) is 0 Å². The van der Waals surface area contributed by atoms with Crippen LogP contribution in [-0.2, 0) is 6.54 Å². The molecule has 20 heavy (non-hydrogen) atoms. The van der Waals surface area contributed by atoms with E-state index in [9.17, 15) is 0 Å². The molecule has 2 aromatic heterocycles. The zero-order valence-electron chi connectivity index (χ0n) is 11.0. The number of hydrogen-bond donors (Lipinski definition) is 2. The van der Waals surface area contributed by atoms with Crippen molar-refractivity contribution in [3.8, 4) is 0 Å². The third kappa shape index (κ3) is 2.54. The molecule has 6 nitrogen and oxygen atoms in total. The summed E-state index contributed by atoms with van der Waals surface area (Å²) < 4.78 is 1.83. The van der Waals surface area contributed by atoms with E-state index in [0.717, 1.165) is 41.7 Å². The van der Waals surface area contributed by atoms with Gasteiger partial charge in [-0.1, -0.05) is 5.21 Å². The molecule has 0 fully saturated rings. The Labute approximate surface area is 116 Å². The average molecular weight is 268 g/mol. The van der Waals surface area contributed by atoms with Crippen LogP contribution in [0.15, 0.2) is 43.0 Å². The van der Waals surface area contributed by atoms with Crippen LogP contribution in [-0.4, -0.2) is 26.5 Å². The normalized spacial score (nSPS) is 10.8. The molecule has 102 valence electrons. The van der Waals surface area contributed by atoms with Gasteiger partial charge in [-0.05, 0) is 24.6 Å². The van der Waals surface area contributed by atoms with E-state index in [2.05, 4.69) is 20.6 Å². The van der Waals surface area contributed by atoms with Crippen molar-refractivity contribution in [3.05, 3.63) is 43.0 Å². The number of aryl methyl sites for hydroxylation is 1. The second kappa shape index (κ2) is 5.56. The van der Waals surface area contributed by atoms with Gasteiger partial charge in [0.1, 0.15) is 0 Å². The lowest BCUT2D eigenvalue weighted by molar-refractivity contribution is 0.570. The van der Waals surface area contributed by atoms with Crippen molar-refractivity contribution in [1.29, 1.82) is 0 Å². The Morgan fingerprint density at radius 2 is 2.10 bits per heavy atom. The van der Waals surface area contributed by atoms with E-state index in [4.69, 9.17) is 5.73 Å². The van der Waals surface area contributed by atoms with Crippen LogP contribution in [0.1, 0.15) is 6.42 Å². The Bertz CT molecular complexity index is 692. The molecule has 6 heteroatoms. The summed E-state index contributed by atoms with van der Waals surface area (Å²) in [6.07, 6.45) is 8.10. The van der Waals surface area contributed by atoms with Crippen LogP contribution in [0.5, 0.6) is 0 Å². The maximum Gasteiger partial charge on any atom is 0.0692 e. The molecule has 0 aliphatic carbocycles. The molecule has 1 aromatic carbocycles. The van der Waals surface area contributed by atoms with Gasteiger partial charge in [-0.25, -0.2) is 0 Å². The van der Waals surface area contributed by atoms with Crippen LogP contribution in [0.4, 0.5) is 11.4 Å². The van der Waals surface area contributed by atoms with Crippen molar-refractivity contribution in [2.45, 2.75) is 13.0 Å². The Hall–Kier alpha value is -2.63. The minimum absolute atomic E-state index is 0.751. The van der Waals surface area contributed by atoms with Crippen molar-refractivity contribution < 1.29 is 0 Å². The molecule has 0 atom stereocenters. The van der Waals surface area contributed by atoms with Gasteiger partial charge in [0.2, 0.25) is 0 Å². The summed E-state index contributed by atoms with van der Waals surface area (Å²) in [5.74, 6) is 0. The number of pyridine rings is 1. The zero-order chi connectivity index (χ0) is 13.8. The number of rotatable bonds is 5. The number of benzene rings is 1. The third-order valence-corrected chi connectivity index (χ3v) is 3.20. The predicted molar refractivity (Wildman–Crippen MR) is 79.3 cm³/mol. The number of anilines is 2. The predicted octanol–water partition coefficient (Wildman–Crippen LogP) is 1.91. The van der Waals surface area contributed by atoms with E-state index in [1.54, 1.807) is 18.6 Å². The Balaban J connectivity index is 1.67. The van der Waals surface area contributed by atoms with E-state index in [1.807, 2.05) is 29.1 Å². The molecule has 0 spiro atoms. The number of nitrogen functional groups attached to an aromatic ring is 1. The van der Waals surface area contributed by atoms with Gasteiger partial charge in [-0.2, -0.15) is 0 Å². The summed E-state index contributed by atoms with van der Waals surface area (Å²) in [6.45, 7) is 1.71. The first-order valence-corrected chi connectivity index (χ1v) is 6.55. The first kappa shape index (κ1) is 12.4. The molecule has 0 aliphatic heterocycles. The fourth-order valence-electron chi connectivity index (χ4n) is 2.18. The Kier molecular flexibility index (Phi) is 3.45. The lowest BCUT2D eigenvalue weighted by Crippen LogP contribution is -2.07. The minimum atomic E-state index is 0.751.